The highest BCUT2D eigenvalue weighted by Crippen LogP contribution is 2.36. The first kappa shape index (κ1) is 22.1. The van der Waals surface area contributed by atoms with Crippen LogP contribution in [0.3, 0.4) is 0 Å². The van der Waals surface area contributed by atoms with E-state index in [0.29, 0.717) is 29.2 Å². The van der Waals surface area contributed by atoms with E-state index in [2.05, 4.69) is 31.8 Å². The number of rotatable bonds is 6. The zero-order valence-corrected chi connectivity index (χ0v) is 18.2. The molecule has 0 spiro atoms. The molecule has 0 bridgehead atoms. The fourth-order valence-corrected chi connectivity index (χ4v) is 3.77. The topological polar surface area (TPSA) is 119 Å². The van der Waals surface area contributed by atoms with Crippen molar-refractivity contribution in [1.82, 2.24) is 25.3 Å². The van der Waals surface area contributed by atoms with Crippen LogP contribution in [-0.2, 0) is 4.79 Å². The number of nitrogen functional groups attached to an aromatic ring is 1. The molecule has 1 aromatic carbocycles. The number of nitrogens with one attached hydrogen (secondary N) is 1. The molecule has 1 aliphatic heterocycles. The van der Waals surface area contributed by atoms with Crippen molar-refractivity contribution < 1.29 is 13.9 Å². The van der Waals surface area contributed by atoms with Gasteiger partial charge in [-0.25, -0.2) is 24.3 Å². The maximum Gasteiger partial charge on any atom is 0.322 e. The molecule has 0 radical (unpaired) electrons. The molecule has 9 nitrogen and oxygen atoms in total. The zero-order chi connectivity index (χ0) is 23.4. The lowest BCUT2D eigenvalue weighted by Crippen LogP contribution is -2.47. The molecular weight excluding hydrogens is 425 g/mol. The third-order valence-electron chi connectivity index (χ3n) is 5.30. The Labute approximate surface area is 190 Å². The molecule has 1 fully saturated rings. The fraction of sp³-hybridized carbons (Fsp3) is 0.261. The monoisotopic (exact) mass is 449 g/mol. The van der Waals surface area contributed by atoms with E-state index in [9.17, 15) is 9.18 Å². The lowest BCUT2D eigenvalue weighted by atomic mass is 10.0. The van der Waals surface area contributed by atoms with Crippen LogP contribution in [-0.4, -0.2) is 45.0 Å². The number of hydrogen-bond acceptors (Lipinski definition) is 8. The largest absolute Gasteiger partial charge is 0.421 e. The molecule has 1 unspecified atom stereocenters. The first-order chi connectivity index (χ1) is 15.9. The summed E-state index contributed by atoms with van der Waals surface area (Å²) in [5.74, 6) is -0.0185. The van der Waals surface area contributed by atoms with Crippen molar-refractivity contribution in [3.05, 3.63) is 61.0 Å². The smallest absolute Gasteiger partial charge is 0.322 e. The van der Waals surface area contributed by atoms with Gasteiger partial charge in [0.15, 0.2) is 11.6 Å². The second-order valence-electron chi connectivity index (χ2n) is 7.68. The average molecular weight is 449 g/mol. The number of aryl methyl sites for hydroxylation is 1. The number of carbonyl (C=O) groups excluding carboxylic acids is 1. The van der Waals surface area contributed by atoms with Crippen molar-refractivity contribution in [2.45, 2.75) is 25.8 Å². The third kappa shape index (κ3) is 5.05. The average Bonchev–Trinajstić information content (AvgIpc) is 2.80. The van der Waals surface area contributed by atoms with Crippen LogP contribution in [0.2, 0.25) is 0 Å². The van der Waals surface area contributed by atoms with Crippen molar-refractivity contribution in [2.24, 2.45) is 0 Å². The van der Waals surface area contributed by atoms with E-state index in [1.54, 1.807) is 25.3 Å². The van der Waals surface area contributed by atoms with Gasteiger partial charge >= 0.3 is 6.01 Å². The minimum Gasteiger partial charge on any atom is -0.421 e. The van der Waals surface area contributed by atoms with Crippen molar-refractivity contribution in [1.29, 1.82) is 0 Å². The molecule has 4 rings (SSSR count). The van der Waals surface area contributed by atoms with E-state index in [1.807, 2.05) is 4.90 Å². The Bertz CT molecular complexity index is 1190. The predicted octanol–water partition coefficient (Wildman–Crippen LogP) is 3.03. The number of hydrogen-bond donors (Lipinski definition) is 2. The van der Waals surface area contributed by atoms with Crippen LogP contribution in [0.1, 0.15) is 18.5 Å². The molecule has 2 aromatic heterocycles. The van der Waals surface area contributed by atoms with E-state index >= 15 is 0 Å². The summed E-state index contributed by atoms with van der Waals surface area (Å²) in [7, 11) is 0. The van der Waals surface area contributed by atoms with Crippen LogP contribution in [0.15, 0.2) is 49.4 Å². The third-order valence-corrected chi connectivity index (χ3v) is 5.30. The number of piperidine rings is 1. The van der Waals surface area contributed by atoms with Gasteiger partial charge in [0.25, 0.3) is 0 Å². The lowest BCUT2D eigenvalue weighted by Gasteiger charge is -2.34. The highest BCUT2D eigenvalue weighted by atomic mass is 19.1. The summed E-state index contributed by atoms with van der Waals surface area (Å²) in [6, 6.07) is 6.23. The van der Waals surface area contributed by atoms with Crippen LogP contribution < -0.4 is 20.7 Å². The number of ether oxygens (including phenoxy) is 1. The molecule has 1 saturated heterocycles. The summed E-state index contributed by atoms with van der Waals surface area (Å²) >= 11 is 0. The summed E-state index contributed by atoms with van der Waals surface area (Å²) < 4.78 is 20.4. The molecule has 1 atom stereocenters. The Balaban J connectivity index is 1.62. The summed E-state index contributed by atoms with van der Waals surface area (Å²) in [5, 5.41) is 2.92. The van der Waals surface area contributed by atoms with Gasteiger partial charge < -0.3 is 20.7 Å². The molecule has 0 saturated carbocycles. The highest BCUT2D eigenvalue weighted by Gasteiger charge is 2.25. The van der Waals surface area contributed by atoms with E-state index < -0.39 is 5.82 Å². The molecule has 1 aliphatic rings. The fourth-order valence-electron chi connectivity index (χ4n) is 3.77. The lowest BCUT2D eigenvalue weighted by molar-refractivity contribution is -0.117. The molecule has 3 heterocycles. The minimum absolute atomic E-state index is 0.00788. The maximum absolute atomic E-state index is 14.9. The van der Waals surface area contributed by atoms with Crippen LogP contribution in [0.4, 0.5) is 16.0 Å². The van der Waals surface area contributed by atoms with E-state index in [-0.39, 0.29) is 29.5 Å². The minimum atomic E-state index is -0.596. The highest BCUT2D eigenvalue weighted by molar-refractivity contribution is 5.87. The van der Waals surface area contributed by atoms with Gasteiger partial charge in [-0.05, 0) is 49.6 Å². The van der Waals surface area contributed by atoms with Crippen molar-refractivity contribution in [3.63, 3.8) is 0 Å². The van der Waals surface area contributed by atoms with E-state index in [0.717, 1.165) is 19.4 Å². The number of benzene rings is 1. The molecule has 3 aromatic rings. The van der Waals surface area contributed by atoms with Gasteiger partial charge in [0.2, 0.25) is 5.91 Å². The number of amides is 1. The number of nitrogens with two attached hydrogens (primary N) is 1. The van der Waals surface area contributed by atoms with Gasteiger partial charge in [-0.1, -0.05) is 12.6 Å². The number of aromatic nitrogens is 4. The van der Waals surface area contributed by atoms with Crippen LogP contribution in [0.25, 0.3) is 11.1 Å². The number of nitrogens with zero attached hydrogens (tertiary/aromatic N) is 5. The molecule has 10 heteroatoms. The number of carbonyl (C=O) groups is 1. The summed E-state index contributed by atoms with van der Waals surface area (Å²) in [4.78, 5) is 30.4. The van der Waals surface area contributed by atoms with E-state index in [4.69, 9.17) is 10.5 Å². The van der Waals surface area contributed by atoms with Crippen LogP contribution in [0, 0.1) is 12.7 Å². The van der Waals surface area contributed by atoms with Gasteiger partial charge in [0.1, 0.15) is 18.0 Å². The van der Waals surface area contributed by atoms with Gasteiger partial charge in [0.05, 0.1) is 5.56 Å². The Kier molecular flexibility index (Phi) is 6.43. The van der Waals surface area contributed by atoms with Gasteiger partial charge in [0, 0.05) is 31.0 Å². The Morgan fingerprint density at radius 1 is 1.33 bits per heavy atom. The Morgan fingerprint density at radius 3 is 2.94 bits per heavy atom. The second-order valence-corrected chi connectivity index (χ2v) is 7.68. The predicted molar refractivity (Wildman–Crippen MR) is 122 cm³/mol. The molecule has 33 heavy (non-hydrogen) atoms. The van der Waals surface area contributed by atoms with Crippen LogP contribution >= 0.6 is 0 Å². The Morgan fingerprint density at radius 2 is 2.18 bits per heavy atom. The van der Waals surface area contributed by atoms with E-state index in [1.165, 1.54) is 24.5 Å². The summed E-state index contributed by atoms with van der Waals surface area (Å²) in [5.41, 5.74) is 7.93. The Hall–Kier alpha value is -4.08. The van der Waals surface area contributed by atoms with Gasteiger partial charge in [-0.15, -0.1) is 0 Å². The SMILES string of the molecule is C=CC(=O)NC1CCCN(c2ncnc(N)c2-c2ccc(Oc3nccc(C)n3)c(F)c2)C1. The van der Waals surface area contributed by atoms with Crippen molar-refractivity contribution >= 4 is 17.5 Å². The summed E-state index contributed by atoms with van der Waals surface area (Å²) in [6.07, 6.45) is 5.86. The second kappa shape index (κ2) is 9.60. The summed E-state index contributed by atoms with van der Waals surface area (Å²) in [6.45, 7) is 6.55. The molecule has 0 aliphatic carbocycles. The van der Waals surface area contributed by atoms with Crippen molar-refractivity contribution in [3.8, 4) is 22.9 Å². The van der Waals surface area contributed by atoms with Gasteiger partial charge in [-0.3, -0.25) is 4.79 Å². The molecule has 170 valence electrons. The molecular formula is C23H24FN7O2. The zero-order valence-electron chi connectivity index (χ0n) is 18.2. The number of halogens is 1. The van der Waals surface area contributed by atoms with Crippen molar-refractivity contribution in [2.75, 3.05) is 23.7 Å². The first-order valence-corrected chi connectivity index (χ1v) is 10.5. The maximum atomic E-state index is 14.9. The normalized spacial score (nSPS) is 15.7. The van der Waals surface area contributed by atoms with Gasteiger partial charge in [-0.2, -0.15) is 0 Å². The number of anilines is 2. The first-order valence-electron chi connectivity index (χ1n) is 10.5. The quantitative estimate of drug-likeness (QED) is 0.551. The molecule has 1 amide bonds. The van der Waals surface area contributed by atoms with Crippen LogP contribution in [0.5, 0.6) is 11.8 Å². The molecule has 3 N–H and O–H groups in total. The standard InChI is InChI=1S/C23H24FN7O2/c1-3-19(32)30-16-5-4-10-31(12-16)22-20(21(25)27-13-28-22)15-6-7-18(17(24)11-15)33-23-26-9-8-14(2)29-23/h3,6-9,11,13,16H,1,4-5,10,12H2,2H3,(H,30,32)(H2,25,27,28).